The Balaban J connectivity index is 2.37. The van der Waals surface area contributed by atoms with Crippen molar-refractivity contribution in [3.8, 4) is 0 Å². The van der Waals surface area contributed by atoms with Crippen molar-refractivity contribution in [1.29, 1.82) is 0 Å². The largest absolute Gasteiger partial charge is 0.477 e. The third kappa shape index (κ3) is 3.76. The lowest BCUT2D eigenvalue weighted by molar-refractivity contribution is 0.0699. The summed E-state index contributed by atoms with van der Waals surface area (Å²) in [6, 6.07) is 5.38. The van der Waals surface area contributed by atoms with Crippen LogP contribution in [0.3, 0.4) is 0 Å². The fourth-order valence-electron chi connectivity index (χ4n) is 1.92. The number of nitrogens with zero attached hydrogens (tertiary/aromatic N) is 1. The summed E-state index contributed by atoms with van der Waals surface area (Å²) in [5, 5.41) is 11.1. The Morgan fingerprint density at radius 1 is 1.29 bits per heavy atom. The average Bonchev–Trinajstić information content (AvgIpc) is 2.78. The van der Waals surface area contributed by atoms with Gasteiger partial charge in [0, 0.05) is 11.8 Å². The summed E-state index contributed by atoms with van der Waals surface area (Å²) in [5.41, 5.74) is 1.27. The summed E-state index contributed by atoms with van der Waals surface area (Å²) < 4.78 is 0. The first-order valence-electron chi connectivity index (χ1n) is 6.36. The lowest BCUT2D eigenvalue weighted by Gasteiger charge is -2.16. The van der Waals surface area contributed by atoms with Gasteiger partial charge in [-0.1, -0.05) is 50.0 Å². The van der Waals surface area contributed by atoms with Gasteiger partial charge in [-0.25, -0.2) is 9.78 Å². The summed E-state index contributed by atoms with van der Waals surface area (Å²) in [4.78, 5) is 16.2. The molecule has 0 fully saturated rings. The molecule has 0 aliphatic rings. The SMILES string of the molecule is CC(C)(C)c1nc(Cc2ccc(Cl)c(Cl)c2)sc1C(=O)O. The topological polar surface area (TPSA) is 50.2 Å². The molecule has 21 heavy (non-hydrogen) atoms. The molecule has 0 radical (unpaired) electrons. The first-order valence-corrected chi connectivity index (χ1v) is 7.93. The van der Waals surface area contributed by atoms with Crippen LogP contribution in [0.15, 0.2) is 18.2 Å². The van der Waals surface area contributed by atoms with Crippen LogP contribution in [0, 0.1) is 0 Å². The van der Waals surface area contributed by atoms with Gasteiger partial charge < -0.3 is 5.11 Å². The molecule has 3 nitrogen and oxygen atoms in total. The van der Waals surface area contributed by atoms with Crippen molar-refractivity contribution in [2.24, 2.45) is 0 Å². The van der Waals surface area contributed by atoms with E-state index in [1.807, 2.05) is 26.8 Å². The van der Waals surface area contributed by atoms with Crippen molar-refractivity contribution in [3.05, 3.63) is 49.4 Å². The smallest absolute Gasteiger partial charge is 0.347 e. The van der Waals surface area contributed by atoms with Crippen molar-refractivity contribution in [2.75, 3.05) is 0 Å². The van der Waals surface area contributed by atoms with Gasteiger partial charge in [0.25, 0.3) is 0 Å². The predicted octanol–water partition coefficient (Wildman–Crippen LogP) is 5.04. The Morgan fingerprint density at radius 2 is 1.95 bits per heavy atom. The number of thiazole rings is 1. The second kappa shape index (κ2) is 5.95. The molecule has 0 spiro atoms. The second-order valence-electron chi connectivity index (χ2n) is 5.77. The molecule has 2 aromatic rings. The first kappa shape index (κ1) is 16.3. The second-order valence-corrected chi connectivity index (χ2v) is 7.66. The van der Waals surface area contributed by atoms with E-state index in [0.29, 0.717) is 27.0 Å². The van der Waals surface area contributed by atoms with Gasteiger partial charge in [0.1, 0.15) is 4.88 Å². The summed E-state index contributed by atoms with van der Waals surface area (Å²) >= 11 is 13.1. The molecule has 0 unspecified atom stereocenters. The summed E-state index contributed by atoms with van der Waals surface area (Å²) in [7, 11) is 0. The molecule has 1 N–H and O–H groups in total. The molecular formula is C15H15Cl2NO2S. The quantitative estimate of drug-likeness (QED) is 0.849. The van der Waals surface area contributed by atoms with Crippen molar-refractivity contribution >= 4 is 40.5 Å². The summed E-state index contributed by atoms with van der Waals surface area (Å²) in [6.45, 7) is 5.87. The zero-order chi connectivity index (χ0) is 15.8. The maximum atomic E-state index is 11.4. The van der Waals surface area contributed by atoms with Crippen LogP contribution in [0.2, 0.25) is 10.0 Å². The lowest BCUT2D eigenvalue weighted by Crippen LogP contribution is -2.16. The van der Waals surface area contributed by atoms with E-state index in [-0.39, 0.29) is 5.41 Å². The molecule has 0 atom stereocenters. The van der Waals surface area contributed by atoms with E-state index < -0.39 is 5.97 Å². The number of carboxylic acid groups (broad SMARTS) is 1. The molecule has 0 bridgehead atoms. The van der Waals surface area contributed by atoms with Gasteiger partial charge in [-0.2, -0.15) is 0 Å². The van der Waals surface area contributed by atoms with E-state index >= 15 is 0 Å². The van der Waals surface area contributed by atoms with E-state index in [9.17, 15) is 9.90 Å². The summed E-state index contributed by atoms with van der Waals surface area (Å²) in [5.74, 6) is -0.933. The van der Waals surface area contributed by atoms with E-state index in [4.69, 9.17) is 23.2 Å². The third-order valence-corrected chi connectivity index (χ3v) is 4.70. The predicted molar refractivity (Wildman–Crippen MR) is 87.0 cm³/mol. The molecule has 1 aromatic heterocycles. The van der Waals surface area contributed by atoms with Crippen molar-refractivity contribution in [3.63, 3.8) is 0 Å². The fraction of sp³-hybridized carbons (Fsp3) is 0.333. The van der Waals surface area contributed by atoms with Crippen LogP contribution in [0.1, 0.15) is 46.7 Å². The Morgan fingerprint density at radius 3 is 2.43 bits per heavy atom. The Kier molecular flexibility index (Phi) is 4.61. The van der Waals surface area contributed by atoms with Crippen LogP contribution in [0.4, 0.5) is 0 Å². The zero-order valence-electron chi connectivity index (χ0n) is 11.9. The summed E-state index contributed by atoms with van der Waals surface area (Å²) in [6.07, 6.45) is 0.540. The maximum Gasteiger partial charge on any atom is 0.347 e. The molecule has 0 saturated heterocycles. The van der Waals surface area contributed by atoms with Gasteiger partial charge in [0.2, 0.25) is 0 Å². The van der Waals surface area contributed by atoms with E-state index in [1.54, 1.807) is 12.1 Å². The van der Waals surface area contributed by atoms with Crippen LogP contribution >= 0.6 is 34.5 Å². The molecule has 0 aliphatic heterocycles. The number of benzene rings is 1. The number of hydrogen-bond acceptors (Lipinski definition) is 3. The molecule has 0 aliphatic carbocycles. The first-order chi connectivity index (χ1) is 9.68. The fourth-order valence-corrected chi connectivity index (χ4v) is 3.39. The number of rotatable bonds is 3. The Hall–Kier alpha value is -1.10. The van der Waals surface area contributed by atoms with Crippen LogP contribution in [0.5, 0.6) is 0 Å². The van der Waals surface area contributed by atoms with Crippen molar-refractivity contribution < 1.29 is 9.90 Å². The normalized spacial score (nSPS) is 11.7. The van der Waals surface area contributed by atoms with Crippen molar-refractivity contribution in [1.82, 2.24) is 4.98 Å². The monoisotopic (exact) mass is 343 g/mol. The van der Waals surface area contributed by atoms with Gasteiger partial charge in [-0.15, -0.1) is 11.3 Å². The average molecular weight is 344 g/mol. The molecule has 0 saturated carbocycles. The number of halogens is 2. The van der Waals surface area contributed by atoms with Crippen LogP contribution in [-0.4, -0.2) is 16.1 Å². The van der Waals surface area contributed by atoms with Crippen LogP contribution in [0.25, 0.3) is 0 Å². The third-order valence-electron chi connectivity index (χ3n) is 2.92. The maximum absolute atomic E-state index is 11.4. The number of carbonyl (C=O) groups is 1. The van der Waals surface area contributed by atoms with Gasteiger partial charge >= 0.3 is 5.97 Å². The minimum Gasteiger partial charge on any atom is -0.477 e. The van der Waals surface area contributed by atoms with Gasteiger partial charge in [0.05, 0.1) is 20.7 Å². The number of aromatic carboxylic acids is 1. The van der Waals surface area contributed by atoms with Gasteiger partial charge in [-0.05, 0) is 17.7 Å². The van der Waals surface area contributed by atoms with E-state index in [2.05, 4.69) is 4.98 Å². The molecule has 0 amide bonds. The molecule has 6 heteroatoms. The number of aromatic nitrogens is 1. The minimum absolute atomic E-state index is 0.303. The van der Waals surface area contributed by atoms with Crippen LogP contribution in [-0.2, 0) is 11.8 Å². The van der Waals surface area contributed by atoms with Crippen LogP contribution < -0.4 is 0 Å². The zero-order valence-corrected chi connectivity index (χ0v) is 14.2. The standard InChI is InChI=1S/C15H15Cl2NO2S/c1-15(2,3)13-12(14(19)20)21-11(18-13)7-8-4-5-9(16)10(17)6-8/h4-6H,7H2,1-3H3,(H,19,20). The highest BCUT2D eigenvalue weighted by Gasteiger charge is 2.26. The molecular weight excluding hydrogens is 329 g/mol. The molecule has 112 valence electrons. The minimum atomic E-state index is -0.933. The molecule has 1 heterocycles. The number of carboxylic acids is 1. The Labute approximate surface area is 137 Å². The highest BCUT2D eigenvalue weighted by atomic mass is 35.5. The molecule has 2 rings (SSSR count). The van der Waals surface area contributed by atoms with E-state index in [1.165, 1.54) is 11.3 Å². The Bertz CT molecular complexity index is 689. The van der Waals surface area contributed by atoms with Crippen molar-refractivity contribution in [2.45, 2.75) is 32.6 Å². The number of hydrogen-bond donors (Lipinski definition) is 1. The highest BCUT2D eigenvalue weighted by Crippen LogP contribution is 2.31. The van der Waals surface area contributed by atoms with E-state index in [0.717, 1.165) is 10.6 Å². The highest BCUT2D eigenvalue weighted by molar-refractivity contribution is 7.13. The lowest BCUT2D eigenvalue weighted by atomic mass is 9.91. The van der Waals surface area contributed by atoms with Gasteiger partial charge in [-0.3, -0.25) is 0 Å². The van der Waals surface area contributed by atoms with Gasteiger partial charge in [0.15, 0.2) is 0 Å². The molecule has 1 aromatic carbocycles.